The molecule has 5 nitrogen and oxygen atoms in total. The summed E-state index contributed by atoms with van der Waals surface area (Å²) >= 11 is 5.23. The molecule has 2 heterocycles. The van der Waals surface area contributed by atoms with Gasteiger partial charge in [-0.2, -0.15) is 14.9 Å². The summed E-state index contributed by atoms with van der Waals surface area (Å²) in [7, 11) is 0. The minimum atomic E-state index is 0.450. The van der Waals surface area contributed by atoms with Crippen LogP contribution in [0.25, 0.3) is 11.4 Å². The zero-order chi connectivity index (χ0) is 14.7. The monoisotopic (exact) mass is 295 g/mol. The van der Waals surface area contributed by atoms with Crippen LogP contribution in [0.4, 0.5) is 0 Å². The molecule has 0 unspecified atom stereocenters. The first-order valence-electron chi connectivity index (χ1n) is 6.43. The molecule has 0 bridgehead atoms. The van der Waals surface area contributed by atoms with Crippen molar-refractivity contribution in [1.82, 2.24) is 19.9 Å². The summed E-state index contributed by atoms with van der Waals surface area (Å²) < 4.78 is 2.05. The lowest BCUT2D eigenvalue weighted by molar-refractivity contribution is 0.871. The van der Waals surface area contributed by atoms with E-state index in [9.17, 15) is 0 Å². The van der Waals surface area contributed by atoms with Crippen molar-refractivity contribution in [3.63, 3.8) is 0 Å². The van der Waals surface area contributed by atoms with Crippen molar-refractivity contribution < 1.29 is 0 Å². The van der Waals surface area contributed by atoms with Crippen LogP contribution in [0, 0.1) is 11.7 Å². The highest BCUT2D eigenvalue weighted by Crippen LogP contribution is 2.17. The SMILES string of the molecule is Cc1ccc(-c2n[nH]c(=S)n2/N=C/c2cccnc2)cc1. The molecule has 1 N–H and O–H groups in total. The van der Waals surface area contributed by atoms with Crippen LogP contribution >= 0.6 is 12.2 Å². The summed E-state index contributed by atoms with van der Waals surface area (Å²) in [6.45, 7) is 2.04. The number of hydrogen-bond acceptors (Lipinski definition) is 4. The van der Waals surface area contributed by atoms with Gasteiger partial charge in [0.1, 0.15) is 0 Å². The Labute approximate surface area is 127 Å². The molecule has 3 aromatic rings. The summed E-state index contributed by atoms with van der Waals surface area (Å²) in [5.74, 6) is 0.681. The second kappa shape index (κ2) is 5.80. The first-order chi connectivity index (χ1) is 10.2. The predicted octanol–water partition coefficient (Wildman–Crippen LogP) is 3.19. The standard InChI is InChI=1S/C15H13N5S/c1-11-4-6-13(7-5-11)14-18-19-15(21)20(14)17-10-12-3-2-8-16-9-12/h2-10H,1H3,(H,19,21)/b17-10+. The van der Waals surface area contributed by atoms with Crippen molar-refractivity contribution in [2.75, 3.05) is 0 Å². The van der Waals surface area contributed by atoms with Gasteiger partial charge in [0.2, 0.25) is 4.77 Å². The van der Waals surface area contributed by atoms with E-state index in [1.807, 2.05) is 43.3 Å². The smallest absolute Gasteiger partial charge is 0.216 e. The van der Waals surface area contributed by atoms with Crippen molar-refractivity contribution in [3.8, 4) is 11.4 Å². The Bertz CT molecular complexity index is 815. The van der Waals surface area contributed by atoms with Gasteiger partial charge in [0, 0.05) is 23.5 Å². The Morgan fingerprint density at radius 2 is 2.05 bits per heavy atom. The van der Waals surface area contributed by atoms with E-state index < -0.39 is 0 Å². The van der Waals surface area contributed by atoms with E-state index in [1.165, 1.54) is 5.56 Å². The van der Waals surface area contributed by atoms with Gasteiger partial charge in [-0.1, -0.05) is 35.9 Å². The van der Waals surface area contributed by atoms with Gasteiger partial charge in [0.05, 0.1) is 6.21 Å². The highest BCUT2D eigenvalue weighted by atomic mass is 32.1. The molecule has 0 fully saturated rings. The van der Waals surface area contributed by atoms with Gasteiger partial charge in [0.25, 0.3) is 0 Å². The first kappa shape index (κ1) is 13.4. The van der Waals surface area contributed by atoms with E-state index >= 15 is 0 Å². The van der Waals surface area contributed by atoms with Crippen LogP contribution in [0.2, 0.25) is 0 Å². The quantitative estimate of drug-likeness (QED) is 0.596. The van der Waals surface area contributed by atoms with Crippen LogP contribution < -0.4 is 0 Å². The van der Waals surface area contributed by atoms with Gasteiger partial charge in [0.15, 0.2) is 5.82 Å². The summed E-state index contributed by atoms with van der Waals surface area (Å²) in [6.07, 6.45) is 5.16. The van der Waals surface area contributed by atoms with Crippen LogP contribution in [0.3, 0.4) is 0 Å². The molecule has 0 aliphatic carbocycles. The fraction of sp³-hybridized carbons (Fsp3) is 0.0667. The third kappa shape index (κ3) is 2.95. The zero-order valence-electron chi connectivity index (χ0n) is 11.4. The molecule has 0 amide bonds. The van der Waals surface area contributed by atoms with Gasteiger partial charge in [-0.15, -0.1) is 0 Å². The van der Waals surface area contributed by atoms with Crippen LogP contribution in [0.15, 0.2) is 53.9 Å². The van der Waals surface area contributed by atoms with E-state index in [0.29, 0.717) is 10.6 Å². The molecule has 21 heavy (non-hydrogen) atoms. The Morgan fingerprint density at radius 1 is 1.24 bits per heavy atom. The number of hydrogen-bond donors (Lipinski definition) is 1. The molecule has 6 heteroatoms. The molecule has 2 aromatic heterocycles. The fourth-order valence-corrected chi connectivity index (χ4v) is 2.04. The molecule has 3 rings (SSSR count). The van der Waals surface area contributed by atoms with Gasteiger partial charge in [-0.05, 0) is 25.2 Å². The Kier molecular flexibility index (Phi) is 3.70. The van der Waals surface area contributed by atoms with E-state index in [0.717, 1.165) is 11.1 Å². The van der Waals surface area contributed by atoms with Gasteiger partial charge >= 0.3 is 0 Å². The maximum atomic E-state index is 5.23. The fourth-order valence-electron chi connectivity index (χ4n) is 1.87. The van der Waals surface area contributed by atoms with Crippen LogP contribution in [-0.4, -0.2) is 26.1 Å². The maximum absolute atomic E-state index is 5.23. The molecule has 0 atom stereocenters. The molecule has 0 spiro atoms. The lowest BCUT2D eigenvalue weighted by Gasteiger charge is -2.01. The number of rotatable bonds is 3. The molecule has 0 saturated heterocycles. The van der Waals surface area contributed by atoms with Crippen molar-refractivity contribution in [2.45, 2.75) is 6.92 Å². The number of aromatic amines is 1. The number of aromatic nitrogens is 4. The van der Waals surface area contributed by atoms with Crippen molar-refractivity contribution in [2.24, 2.45) is 5.10 Å². The van der Waals surface area contributed by atoms with Gasteiger partial charge < -0.3 is 0 Å². The largest absolute Gasteiger partial charge is 0.264 e. The zero-order valence-corrected chi connectivity index (χ0v) is 12.2. The molecular weight excluding hydrogens is 282 g/mol. The molecule has 0 radical (unpaired) electrons. The molecule has 1 aromatic carbocycles. The highest BCUT2D eigenvalue weighted by Gasteiger charge is 2.07. The van der Waals surface area contributed by atoms with Crippen molar-refractivity contribution >= 4 is 18.4 Å². The lowest BCUT2D eigenvalue weighted by atomic mass is 10.1. The number of H-pyrrole nitrogens is 1. The Balaban J connectivity index is 2.00. The van der Waals surface area contributed by atoms with E-state index in [-0.39, 0.29) is 0 Å². The second-order valence-corrected chi connectivity index (χ2v) is 4.95. The normalized spacial score (nSPS) is 11.1. The minimum absolute atomic E-state index is 0.450. The summed E-state index contributed by atoms with van der Waals surface area (Å²) in [4.78, 5) is 4.05. The van der Waals surface area contributed by atoms with Crippen LogP contribution in [0.5, 0.6) is 0 Å². The van der Waals surface area contributed by atoms with E-state index in [1.54, 1.807) is 23.3 Å². The predicted molar refractivity (Wildman–Crippen MR) is 84.8 cm³/mol. The van der Waals surface area contributed by atoms with E-state index in [4.69, 9.17) is 12.2 Å². The van der Waals surface area contributed by atoms with Gasteiger partial charge in [-0.3, -0.25) is 4.98 Å². The summed E-state index contributed by atoms with van der Waals surface area (Å²) in [5, 5.41) is 11.4. The number of nitrogens with one attached hydrogen (secondary N) is 1. The third-order valence-electron chi connectivity index (χ3n) is 2.97. The summed E-state index contributed by atoms with van der Waals surface area (Å²) in [5.41, 5.74) is 3.05. The average molecular weight is 295 g/mol. The van der Waals surface area contributed by atoms with Crippen molar-refractivity contribution in [1.29, 1.82) is 0 Å². The number of aryl methyl sites for hydroxylation is 1. The molecule has 104 valence electrons. The third-order valence-corrected chi connectivity index (χ3v) is 3.23. The maximum Gasteiger partial charge on any atom is 0.216 e. The summed E-state index contributed by atoms with van der Waals surface area (Å²) in [6, 6.07) is 11.8. The van der Waals surface area contributed by atoms with Crippen molar-refractivity contribution in [3.05, 3.63) is 64.7 Å². The van der Waals surface area contributed by atoms with Crippen LogP contribution in [0.1, 0.15) is 11.1 Å². The average Bonchev–Trinajstić information content (AvgIpc) is 2.88. The van der Waals surface area contributed by atoms with Crippen LogP contribution in [-0.2, 0) is 0 Å². The Hall–Kier alpha value is -2.60. The number of nitrogens with zero attached hydrogens (tertiary/aromatic N) is 4. The topological polar surface area (TPSA) is 58.9 Å². The van der Waals surface area contributed by atoms with Gasteiger partial charge in [-0.25, -0.2) is 5.10 Å². The number of benzene rings is 1. The Morgan fingerprint density at radius 3 is 2.76 bits per heavy atom. The minimum Gasteiger partial charge on any atom is -0.264 e. The first-order valence-corrected chi connectivity index (χ1v) is 6.84. The number of pyridine rings is 1. The molecule has 0 aliphatic heterocycles. The molecule has 0 saturated carbocycles. The molecule has 0 aliphatic rings. The van der Waals surface area contributed by atoms with E-state index in [2.05, 4.69) is 20.3 Å². The lowest BCUT2D eigenvalue weighted by Crippen LogP contribution is -1.95. The highest BCUT2D eigenvalue weighted by molar-refractivity contribution is 7.71. The second-order valence-electron chi connectivity index (χ2n) is 4.56. The molecular formula is C15H13N5S.